The molecular formula is C19H37NO. The summed E-state index contributed by atoms with van der Waals surface area (Å²) in [6.07, 6.45) is 5.77. The predicted molar refractivity (Wildman–Crippen MR) is 96.5 cm³/mol. The molecule has 0 spiro atoms. The fourth-order valence-corrected chi connectivity index (χ4v) is 1.94. The second-order valence-corrected chi connectivity index (χ2v) is 4.98. The highest BCUT2D eigenvalue weighted by Gasteiger charge is 1.95. The minimum Gasteiger partial charge on any atom is -0.372 e. The first-order valence-electron chi connectivity index (χ1n) is 8.20. The molecule has 2 nitrogen and oxygen atoms in total. The van der Waals surface area contributed by atoms with Crippen molar-refractivity contribution in [2.45, 2.75) is 74.1 Å². The molecule has 124 valence electrons. The molecule has 0 aliphatic heterocycles. The second kappa shape index (κ2) is 21.0. The molecule has 1 amide bonds. The van der Waals surface area contributed by atoms with Gasteiger partial charge in [-0.15, -0.1) is 0 Å². The maximum absolute atomic E-state index is 8.58. The molecule has 0 saturated carbocycles. The number of aryl methyl sites for hydroxylation is 2. The Morgan fingerprint density at radius 2 is 1.38 bits per heavy atom. The van der Waals surface area contributed by atoms with Crippen molar-refractivity contribution in [1.82, 2.24) is 0 Å². The maximum Gasteiger partial charge on any atom is 0.204 e. The third-order valence-electron chi connectivity index (χ3n) is 2.74. The van der Waals surface area contributed by atoms with E-state index < -0.39 is 0 Å². The lowest BCUT2D eigenvalue weighted by molar-refractivity contribution is -0.106. The van der Waals surface area contributed by atoms with Crippen molar-refractivity contribution < 1.29 is 4.79 Å². The van der Waals surface area contributed by atoms with Gasteiger partial charge in [0.05, 0.1) is 0 Å². The summed E-state index contributed by atoms with van der Waals surface area (Å²) in [7, 11) is 0. The molecule has 21 heavy (non-hydrogen) atoms. The van der Waals surface area contributed by atoms with Crippen molar-refractivity contribution in [1.29, 1.82) is 0 Å². The van der Waals surface area contributed by atoms with Crippen LogP contribution in [0.5, 0.6) is 0 Å². The van der Waals surface area contributed by atoms with Gasteiger partial charge >= 0.3 is 0 Å². The van der Waals surface area contributed by atoms with Crippen molar-refractivity contribution in [3.8, 4) is 0 Å². The number of hydrogen-bond acceptors (Lipinski definition) is 1. The molecule has 0 fully saturated rings. The Balaban J connectivity index is -0.000000237. The van der Waals surface area contributed by atoms with Crippen molar-refractivity contribution >= 4 is 6.41 Å². The Morgan fingerprint density at radius 1 is 1.05 bits per heavy atom. The van der Waals surface area contributed by atoms with Crippen molar-refractivity contribution in [3.05, 3.63) is 35.4 Å². The van der Waals surface area contributed by atoms with Crippen LogP contribution in [0, 0.1) is 19.8 Å². The summed E-state index contributed by atoms with van der Waals surface area (Å²) < 4.78 is 0. The van der Waals surface area contributed by atoms with E-state index in [1.807, 2.05) is 13.8 Å². The van der Waals surface area contributed by atoms with Gasteiger partial charge in [-0.3, -0.25) is 4.79 Å². The Hall–Kier alpha value is -1.31. The van der Waals surface area contributed by atoms with Crippen LogP contribution >= 0.6 is 0 Å². The van der Waals surface area contributed by atoms with Crippen molar-refractivity contribution in [3.63, 3.8) is 0 Å². The topological polar surface area (TPSA) is 43.1 Å². The predicted octanol–water partition coefficient (Wildman–Crippen LogP) is 5.65. The maximum atomic E-state index is 8.58. The third-order valence-corrected chi connectivity index (χ3v) is 2.74. The highest BCUT2D eigenvalue weighted by atomic mass is 16.1. The zero-order chi connectivity index (χ0) is 17.1. The van der Waals surface area contributed by atoms with Gasteiger partial charge in [-0.1, -0.05) is 95.7 Å². The molecule has 0 aromatic heterocycles. The van der Waals surface area contributed by atoms with Crippen LogP contribution in [0.1, 0.15) is 71.4 Å². The number of amides is 1. The standard InChI is InChI=1S/C8H10.C8H18.C2H6.CH3NO/c1-7-4-3-5-8(2)6-7;1-4-6-8(3)7-5-2;1-2;2-1-3/h3-6H,1-2H3;8H,4-7H2,1-3H3;1-2H3;1H,(H2,2,3). The Labute approximate surface area is 133 Å². The van der Waals surface area contributed by atoms with Crippen LogP contribution in [0.3, 0.4) is 0 Å². The van der Waals surface area contributed by atoms with Crippen molar-refractivity contribution in [2.24, 2.45) is 11.7 Å². The number of carbonyl (C=O) groups excluding carboxylic acids is 1. The molecule has 0 unspecified atom stereocenters. The first-order chi connectivity index (χ1) is 10.0. The van der Waals surface area contributed by atoms with E-state index in [-0.39, 0.29) is 6.41 Å². The SMILES string of the molecule is CC.CCCC(C)CCC.Cc1cccc(C)c1.NC=O. The summed E-state index contributed by atoms with van der Waals surface area (Å²) in [5, 5.41) is 0. The lowest BCUT2D eigenvalue weighted by atomic mass is 10.0. The van der Waals surface area contributed by atoms with Gasteiger partial charge in [-0.25, -0.2) is 0 Å². The van der Waals surface area contributed by atoms with E-state index >= 15 is 0 Å². The first kappa shape index (κ1) is 24.7. The number of nitrogens with two attached hydrogens (primary N) is 1. The molecule has 2 heteroatoms. The summed E-state index contributed by atoms with van der Waals surface area (Å²) >= 11 is 0. The molecule has 0 bridgehead atoms. The average molecular weight is 296 g/mol. The molecule has 0 saturated heterocycles. The molecule has 1 rings (SSSR count). The van der Waals surface area contributed by atoms with Crippen molar-refractivity contribution in [2.75, 3.05) is 0 Å². The fourth-order valence-electron chi connectivity index (χ4n) is 1.94. The molecule has 1 aromatic rings. The smallest absolute Gasteiger partial charge is 0.204 e. The van der Waals surface area contributed by atoms with Gasteiger partial charge in [0.25, 0.3) is 0 Å². The van der Waals surface area contributed by atoms with Crippen LogP contribution in [-0.4, -0.2) is 6.41 Å². The van der Waals surface area contributed by atoms with Crippen LogP contribution in [0.25, 0.3) is 0 Å². The number of primary amides is 1. The Kier molecular flexibility index (Phi) is 24.7. The monoisotopic (exact) mass is 295 g/mol. The summed E-state index contributed by atoms with van der Waals surface area (Å²) in [4.78, 5) is 8.58. The molecule has 1 aromatic carbocycles. The van der Waals surface area contributed by atoms with E-state index in [0.29, 0.717) is 0 Å². The third kappa shape index (κ3) is 24.1. The average Bonchev–Trinajstić information content (AvgIpc) is 2.43. The highest BCUT2D eigenvalue weighted by molar-refractivity contribution is 5.42. The van der Waals surface area contributed by atoms with E-state index in [0.717, 1.165) is 5.92 Å². The van der Waals surface area contributed by atoms with E-state index in [2.05, 4.69) is 64.6 Å². The summed E-state index contributed by atoms with van der Waals surface area (Å²) in [6, 6.07) is 8.45. The number of rotatable bonds is 4. The van der Waals surface area contributed by atoms with Crippen LogP contribution in [0.4, 0.5) is 0 Å². The largest absolute Gasteiger partial charge is 0.372 e. The molecule has 2 N–H and O–H groups in total. The fraction of sp³-hybridized carbons (Fsp3) is 0.632. The normalized spacial score (nSPS) is 8.38. The van der Waals surface area contributed by atoms with Gasteiger partial charge in [-0.05, 0) is 19.8 Å². The summed E-state index contributed by atoms with van der Waals surface area (Å²) in [5.41, 5.74) is 6.84. The highest BCUT2D eigenvalue weighted by Crippen LogP contribution is 2.10. The molecule has 0 atom stereocenters. The van der Waals surface area contributed by atoms with Gasteiger partial charge < -0.3 is 5.73 Å². The second-order valence-electron chi connectivity index (χ2n) is 4.98. The van der Waals surface area contributed by atoms with Gasteiger partial charge in [0.1, 0.15) is 0 Å². The zero-order valence-electron chi connectivity index (χ0n) is 15.3. The minimum atomic E-state index is 0.250. The molecule has 0 radical (unpaired) electrons. The van der Waals surface area contributed by atoms with Gasteiger partial charge in [0.2, 0.25) is 6.41 Å². The molecule has 0 heterocycles. The lowest BCUT2D eigenvalue weighted by Gasteiger charge is -2.05. The van der Waals surface area contributed by atoms with Gasteiger partial charge in [-0.2, -0.15) is 0 Å². The zero-order valence-corrected chi connectivity index (χ0v) is 15.3. The number of benzene rings is 1. The number of carbonyl (C=O) groups is 1. The summed E-state index contributed by atoms with van der Waals surface area (Å²) in [6.45, 7) is 15.1. The van der Waals surface area contributed by atoms with Gasteiger partial charge in [0.15, 0.2) is 0 Å². The first-order valence-corrected chi connectivity index (χ1v) is 8.20. The molecule has 0 aliphatic carbocycles. The van der Waals surface area contributed by atoms with E-state index in [4.69, 9.17) is 4.79 Å². The number of hydrogen-bond donors (Lipinski definition) is 1. The van der Waals surface area contributed by atoms with E-state index in [1.54, 1.807) is 0 Å². The Morgan fingerprint density at radius 3 is 1.57 bits per heavy atom. The van der Waals surface area contributed by atoms with Crippen LogP contribution in [0.15, 0.2) is 24.3 Å². The Bertz CT molecular complexity index is 287. The van der Waals surface area contributed by atoms with Gasteiger partial charge in [0, 0.05) is 0 Å². The molecule has 0 aliphatic rings. The lowest BCUT2D eigenvalue weighted by Crippen LogP contribution is -1.91. The van der Waals surface area contributed by atoms with Crippen LogP contribution < -0.4 is 5.73 Å². The molecular weight excluding hydrogens is 258 g/mol. The quantitative estimate of drug-likeness (QED) is 0.716. The van der Waals surface area contributed by atoms with Crippen LogP contribution in [-0.2, 0) is 4.79 Å². The minimum absolute atomic E-state index is 0.250. The summed E-state index contributed by atoms with van der Waals surface area (Å²) in [5.74, 6) is 0.963. The van der Waals surface area contributed by atoms with Crippen LogP contribution in [0.2, 0.25) is 0 Å². The van der Waals surface area contributed by atoms with E-state index in [1.165, 1.54) is 36.8 Å². The van der Waals surface area contributed by atoms with E-state index in [9.17, 15) is 0 Å².